The van der Waals surface area contributed by atoms with Crippen molar-refractivity contribution in [2.45, 2.75) is 12.8 Å². The van der Waals surface area contributed by atoms with E-state index in [9.17, 15) is 18.4 Å². The number of halogens is 2. The van der Waals surface area contributed by atoms with Crippen LogP contribution in [0.4, 0.5) is 14.5 Å². The maximum Gasteiger partial charge on any atom is 0.224 e. The number of ketones is 1. The van der Waals surface area contributed by atoms with Crippen LogP contribution in [-0.4, -0.2) is 11.7 Å². The molecule has 2 aromatic rings. The van der Waals surface area contributed by atoms with Crippen LogP contribution in [0.15, 0.2) is 48.5 Å². The van der Waals surface area contributed by atoms with Crippen LogP contribution in [-0.2, 0) is 4.79 Å². The Bertz CT molecular complexity index is 654. The second-order valence-electron chi connectivity index (χ2n) is 4.49. The Kier molecular flexibility index (Phi) is 4.77. The number of nitrogens with one attached hydrogen (secondary N) is 1. The Hall–Kier alpha value is -2.56. The van der Waals surface area contributed by atoms with Crippen LogP contribution in [0.3, 0.4) is 0 Å². The van der Waals surface area contributed by atoms with Crippen molar-refractivity contribution in [3.8, 4) is 0 Å². The fraction of sp³-hybridized carbons (Fsp3) is 0.125. The Morgan fingerprint density at radius 2 is 1.62 bits per heavy atom. The van der Waals surface area contributed by atoms with E-state index in [1.54, 1.807) is 6.07 Å². The number of hydrogen-bond acceptors (Lipinski definition) is 2. The summed E-state index contributed by atoms with van der Waals surface area (Å²) >= 11 is 0. The van der Waals surface area contributed by atoms with Gasteiger partial charge in [0.2, 0.25) is 5.91 Å². The molecule has 2 rings (SSSR count). The summed E-state index contributed by atoms with van der Waals surface area (Å²) in [5.41, 5.74) is 0.698. The molecule has 0 saturated heterocycles. The summed E-state index contributed by atoms with van der Waals surface area (Å²) in [6.45, 7) is 0. The monoisotopic (exact) mass is 289 g/mol. The van der Waals surface area contributed by atoms with Gasteiger partial charge >= 0.3 is 0 Å². The van der Waals surface area contributed by atoms with E-state index in [-0.39, 0.29) is 24.5 Å². The van der Waals surface area contributed by atoms with Crippen molar-refractivity contribution in [1.82, 2.24) is 0 Å². The number of benzene rings is 2. The summed E-state index contributed by atoms with van der Waals surface area (Å²) in [5.74, 6) is -1.49. The largest absolute Gasteiger partial charge is 0.326 e. The molecule has 2 aromatic carbocycles. The van der Waals surface area contributed by atoms with Crippen molar-refractivity contribution in [3.63, 3.8) is 0 Å². The zero-order valence-electron chi connectivity index (χ0n) is 11.1. The fourth-order valence-electron chi connectivity index (χ4n) is 1.80. The molecule has 0 aliphatic carbocycles. The van der Waals surface area contributed by atoms with Gasteiger partial charge in [-0.2, -0.15) is 0 Å². The number of anilines is 1. The molecule has 0 aliphatic heterocycles. The number of hydrogen-bond donors (Lipinski definition) is 1. The average Bonchev–Trinajstić information content (AvgIpc) is 2.45. The normalized spacial score (nSPS) is 10.2. The molecule has 0 unspecified atom stereocenters. The van der Waals surface area contributed by atoms with E-state index in [2.05, 4.69) is 5.32 Å². The van der Waals surface area contributed by atoms with Crippen LogP contribution in [0.2, 0.25) is 0 Å². The van der Waals surface area contributed by atoms with Crippen LogP contribution in [0.25, 0.3) is 0 Å². The highest BCUT2D eigenvalue weighted by molar-refractivity contribution is 5.99. The number of carbonyl (C=O) groups is 2. The molecule has 5 heteroatoms. The summed E-state index contributed by atoms with van der Waals surface area (Å²) < 4.78 is 25.7. The lowest BCUT2D eigenvalue weighted by molar-refractivity contribution is -0.116. The molecule has 3 nitrogen and oxygen atoms in total. The smallest absolute Gasteiger partial charge is 0.224 e. The molecule has 0 aliphatic rings. The Morgan fingerprint density at radius 3 is 2.29 bits per heavy atom. The van der Waals surface area contributed by atoms with E-state index in [1.807, 2.05) is 0 Å². The van der Waals surface area contributed by atoms with Crippen molar-refractivity contribution in [1.29, 1.82) is 0 Å². The molecule has 1 amide bonds. The third-order valence-corrected chi connectivity index (χ3v) is 2.85. The first-order chi connectivity index (χ1) is 10.0. The van der Waals surface area contributed by atoms with Gasteiger partial charge in [-0.1, -0.05) is 6.07 Å². The Morgan fingerprint density at radius 1 is 0.905 bits per heavy atom. The van der Waals surface area contributed by atoms with Crippen LogP contribution in [0.1, 0.15) is 23.2 Å². The van der Waals surface area contributed by atoms with Gasteiger partial charge in [0, 0.05) is 24.1 Å². The van der Waals surface area contributed by atoms with E-state index in [0.29, 0.717) is 11.3 Å². The molecule has 0 radical (unpaired) electrons. The Labute approximate surface area is 120 Å². The minimum absolute atomic E-state index is 0.00673. The molecule has 1 N–H and O–H groups in total. The molecule has 0 fully saturated rings. The second-order valence-corrected chi connectivity index (χ2v) is 4.49. The van der Waals surface area contributed by atoms with Crippen LogP contribution >= 0.6 is 0 Å². The number of carbonyl (C=O) groups excluding carboxylic acids is 2. The molecule has 0 saturated carbocycles. The molecule has 0 heterocycles. The van der Waals surface area contributed by atoms with Crippen LogP contribution in [0, 0.1) is 11.6 Å². The molecule has 108 valence electrons. The lowest BCUT2D eigenvalue weighted by Gasteiger charge is -2.05. The number of rotatable bonds is 5. The van der Waals surface area contributed by atoms with Crippen LogP contribution in [0.5, 0.6) is 0 Å². The van der Waals surface area contributed by atoms with E-state index >= 15 is 0 Å². The molecular formula is C16H13F2NO2. The van der Waals surface area contributed by atoms with Gasteiger partial charge < -0.3 is 5.32 Å². The zero-order valence-corrected chi connectivity index (χ0v) is 11.1. The van der Waals surface area contributed by atoms with E-state index in [1.165, 1.54) is 42.5 Å². The molecule has 0 bridgehead atoms. The summed E-state index contributed by atoms with van der Waals surface area (Å²) in [5, 5.41) is 2.51. The zero-order chi connectivity index (χ0) is 15.2. The number of Topliss-reactive ketones (excluding diaryl/α,β-unsaturated/α-hetero) is 1. The highest BCUT2D eigenvalue weighted by atomic mass is 19.1. The summed E-state index contributed by atoms with van der Waals surface area (Å²) in [6.07, 6.45) is -0.0144. The van der Waals surface area contributed by atoms with Gasteiger partial charge in [0.05, 0.1) is 0 Å². The standard InChI is InChI=1S/C16H13F2NO2/c17-12-6-4-11(5-7-12)15(20)8-9-16(21)19-14-3-1-2-13(18)10-14/h1-7,10H,8-9H2,(H,19,21). The molecular weight excluding hydrogens is 276 g/mol. The molecule has 0 aromatic heterocycles. The van der Waals surface area contributed by atoms with Crippen molar-refractivity contribution in [2.24, 2.45) is 0 Å². The SMILES string of the molecule is O=C(CCC(=O)c1ccc(F)cc1)Nc1cccc(F)c1. The van der Waals surface area contributed by atoms with Gasteiger partial charge in [0.15, 0.2) is 5.78 Å². The molecule has 0 spiro atoms. The first-order valence-corrected chi connectivity index (χ1v) is 6.39. The fourth-order valence-corrected chi connectivity index (χ4v) is 1.80. The quantitative estimate of drug-likeness (QED) is 0.855. The molecule has 0 atom stereocenters. The predicted molar refractivity (Wildman–Crippen MR) is 75.0 cm³/mol. The van der Waals surface area contributed by atoms with Crippen molar-refractivity contribution < 1.29 is 18.4 Å². The summed E-state index contributed by atoms with van der Waals surface area (Å²) in [4.78, 5) is 23.5. The van der Waals surface area contributed by atoms with Gasteiger partial charge in [-0.15, -0.1) is 0 Å². The second kappa shape index (κ2) is 6.74. The van der Waals surface area contributed by atoms with Crippen molar-refractivity contribution in [2.75, 3.05) is 5.32 Å². The first kappa shape index (κ1) is 14.8. The predicted octanol–water partition coefficient (Wildman–Crippen LogP) is 3.57. The highest BCUT2D eigenvalue weighted by Crippen LogP contribution is 2.11. The number of amides is 1. The van der Waals surface area contributed by atoms with Gasteiger partial charge in [0.1, 0.15) is 11.6 Å². The lowest BCUT2D eigenvalue weighted by atomic mass is 10.1. The van der Waals surface area contributed by atoms with Crippen LogP contribution < -0.4 is 5.32 Å². The maximum atomic E-state index is 12.9. The van der Waals surface area contributed by atoms with Gasteiger partial charge in [-0.25, -0.2) is 8.78 Å². The topological polar surface area (TPSA) is 46.2 Å². The van der Waals surface area contributed by atoms with Crippen molar-refractivity contribution in [3.05, 3.63) is 65.7 Å². The minimum Gasteiger partial charge on any atom is -0.326 e. The summed E-state index contributed by atoms with van der Waals surface area (Å²) in [6, 6.07) is 10.6. The minimum atomic E-state index is -0.449. The summed E-state index contributed by atoms with van der Waals surface area (Å²) in [7, 11) is 0. The maximum absolute atomic E-state index is 12.9. The van der Waals surface area contributed by atoms with Gasteiger partial charge in [-0.3, -0.25) is 9.59 Å². The third-order valence-electron chi connectivity index (χ3n) is 2.85. The lowest BCUT2D eigenvalue weighted by Crippen LogP contribution is -2.13. The average molecular weight is 289 g/mol. The van der Waals surface area contributed by atoms with Crippen molar-refractivity contribution >= 4 is 17.4 Å². The first-order valence-electron chi connectivity index (χ1n) is 6.39. The van der Waals surface area contributed by atoms with Gasteiger partial charge in [-0.05, 0) is 42.5 Å². The molecule has 21 heavy (non-hydrogen) atoms. The van der Waals surface area contributed by atoms with E-state index < -0.39 is 11.6 Å². The van der Waals surface area contributed by atoms with E-state index in [0.717, 1.165) is 0 Å². The van der Waals surface area contributed by atoms with E-state index in [4.69, 9.17) is 0 Å². The Balaban J connectivity index is 1.86. The third kappa shape index (κ3) is 4.49. The highest BCUT2D eigenvalue weighted by Gasteiger charge is 2.10. The van der Waals surface area contributed by atoms with Gasteiger partial charge in [0.25, 0.3) is 0 Å².